The third-order valence-corrected chi connectivity index (χ3v) is 5.11. The fourth-order valence-corrected chi connectivity index (χ4v) is 4.41. The van der Waals surface area contributed by atoms with E-state index in [0.29, 0.717) is 18.1 Å². The lowest BCUT2D eigenvalue weighted by atomic mass is 9.96. The molecule has 5 nitrogen and oxygen atoms in total. The van der Waals surface area contributed by atoms with Crippen molar-refractivity contribution in [3.8, 4) is 0 Å². The highest BCUT2D eigenvalue weighted by Gasteiger charge is 2.42. The highest BCUT2D eigenvalue weighted by atomic mass is 16.2. The molecule has 0 N–H and O–H groups in total. The summed E-state index contributed by atoms with van der Waals surface area (Å²) in [5, 5.41) is 0. The Hall–Kier alpha value is -1.91. The zero-order chi connectivity index (χ0) is 14.6. The molecule has 0 aliphatic carbocycles. The van der Waals surface area contributed by atoms with Crippen molar-refractivity contribution in [3.05, 3.63) is 24.3 Å². The molecule has 2 aromatic rings. The molecule has 0 radical (unpaired) electrons. The van der Waals surface area contributed by atoms with Gasteiger partial charge in [0.2, 0.25) is 5.91 Å². The summed E-state index contributed by atoms with van der Waals surface area (Å²) in [6.45, 7) is 3.77. The molecular formula is C16H20N4O. The van der Waals surface area contributed by atoms with Crippen molar-refractivity contribution in [2.45, 2.75) is 57.7 Å². The molecule has 2 bridgehead atoms. The molecular weight excluding hydrogens is 264 g/mol. The molecule has 2 aliphatic heterocycles. The van der Waals surface area contributed by atoms with Crippen molar-refractivity contribution in [1.82, 2.24) is 19.4 Å². The van der Waals surface area contributed by atoms with Gasteiger partial charge in [-0.3, -0.25) is 9.78 Å². The fourth-order valence-electron chi connectivity index (χ4n) is 4.41. The van der Waals surface area contributed by atoms with E-state index in [1.54, 1.807) is 6.92 Å². The molecule has 21 heavy (non-hydrogen) atoms. The first-order valence-electron chi connectivity index (χ1n) is 7.72. The van der Waals surface area contributed by atoms with E-state index in [4.69, 9.17) is 0 Å². The van der Waals surface area contributed by atoms with Gasteiger partial charge < -0.3 is 9.47 Å². The lowest BCUT2D eigenvalue weighted by molar-refractivity contribution is -0.133. The summed E-state index contributed by atoms with van der Waals surface area (Å²) < 4.78 is 2.36. The molecule has 1 unspecified atom stereocenters. The van der Waals surface area contributed by atoms with Crippen LogP contribution in [0.4, 0.5) is 0 Å². The predicted octanol–water partition coefficient (Wildman–Crippen LogP) is 2.45. The average Bonchev–Trinajstić information content (AvgIpc) is 2.92. The van der Waals surface area contributed by atoms with Gasteiger partial charge in [-0.2, -0.15) is 0 Å². The zero-order valence-electron chi connectivity index (χ0n) is 12.5. The molecule has 2 aliphatic rings. The first kappa shape index (κ1) is 12.8. The molecule has 4 heterocycles. The Labute approximate surface area is 124 Å². The number of piperidine rings is 1. The van der Waals surface area contributed by atoms with Crippen LogP contribution >= 0.6 is 0 Å². The average molecular weight is 284 g/mol. The Kier molecular flexibility index (Phi) is 2.77. The standard InChI is InChI=1S/C16H20N4O/c1-10-18-15-9-17-6-5-16(15)19(10)14-7-12-3-4-13(8-14)20(12)11(2)21/h5-6,9,12-14H,3-4,7-8H2,1-2H3/t12-,13+,14?. The molecule has 5 heteroatoms. The van der Waals surface area contributed by atoms with Crippen LogP contribution in [0, 0.1) is 6.92 Å². The molecule has 1 amide bonds. The van der Waals surface area contributed by atoms with Crippen molar-refractivity contribution >= 4 is 16.9 Å². The maximum Gasteiger partial charge on any atom is 0.219 e. The second kappa shape index (κ2) is 4.55. The number of fused-ring (bicyclic) bond motifs is 3. The molecule has 0 aromatic carbocycles. The minimum Gasteiger partial charge on any atom is -0.337 e. The monoisotopic (exact) mass is 284 g/mol. The van der Waals surface area contributed by atoms with E-state index in [1.165, 1.54) is 5.52 Å². The van der Waals surface area contributed by atoms with Crippen molar-refractivity contribution in [3.63, 3.8) is 0 Å². The van der Waals surface area contributed by atoms with Gasteiger partial charge >= 0.3 is 0 Å². The SMILES string of the molecule is CC(=O)N1[C@@H]2CC[C@H]1CC(n1c(C)nc3cnccc31)C2. The number of pyridine rings is 1. The molecule has 0 spiro atoms. The number of carbonyl (C=O) groups is 1. The predicted molar refractivity (Wildman–Crippen MR) is 79.9 cm³/mol. The molecule has 2 fully saturated rings. The van der Waals surface area contributed by atoms with Crippen LogP contribution in [0.5, 0.6) is 0 Å². The van der Waals surface area contributed by atoms with Gasteiger partial charge in [0, 0.05) is 31.2 Å². The zero-order valence-corrected chi connectivity index (χ0v) is 12.5. The lowest BCUT2D eigenvalue weighted by Crippen LogP contribution is -2.46. The van der Waals surface area contributed by atoms with Crippen LogP contribution < -0.4 is 0 Å². The molecule has 4 rings (SSSR count). The van der Waals surface area contributed by atoms with Gasteiger partial charge in [-0.15, -0.1) is 0 Å². The number of hydrogen-bond acceptors (Lipinski definition) is 3. The van der Waals surface area contributed by atoms with Crippen LogP contribution in [-0.2, 0) is 4.79 Å². The number of aryl methyl sites for hydroxylation is 1. The summed E-state index contributed by atoms with van der Waals surface area (Å²) in [4.78, 5) is 22.7. The number of nitrogens with zero attached hydrogens (tertiary/aromatic N) is 4. The van der Waals surface area contributed by atoms with Crippen LogP contribution in [0.1, 0.15) is 44.5 Å². The van der Waals surface area contributed by atoms with Gasteiger partial charge in [0.25, 0.3) is 0 Å². The highest BCUT2D eigenvalue weighted by molar-refractivity contribution is 5.75. The fraction of sp³-hybridized carbons (Fsp3) is 0.562. The van der Waals surface area contributed by atoms with Gasteiger partial charge in [0.15, 0.2) is 0 Å². The normalized spacial score (nSPS) is 28.3. The van der Waals surface area contributed by atoms with Crippen LogP contribution in [0.3, 0.4) is 0 Å². The quantitative estimate of drug-likeness (QED) is 0.808. The Balaban J connectivity index is 1.72. The van der Waals surface area contributed by atoms with Gasteiger partial charge in [-0.1, -0.05) is 0 Å². The second-order valence-electron chi connectivity index (χ2n) is 6.33. The third-order valence-electron chi connectivity index (χ3n) is 5.11. The summed E-state index contributed by atoms with van der Waals surface area (Å²) in [5.74, 6) is 1.29. The highest BCUT2D eigenvalue weighted by Crippen LogP contribution is 2.42. The largest absolute Gasteiger partial charge is 0.337 e. The number of hydrogen-bond donors (Lipinski definition) is 0. The maximum atomic E-state index is 11.8. The number of rotatable bonds is 1. The summed E-state index contributed by atoms with van der Waals surface area (Å²) in [5.41, 5.74) is 2.14. The Bertz CT molecular complexity index is 693. The second-order valence-corrected chi connectivity index (χ2v) is 6.33. The van der Waals surface area contributed by atoms with Crippen molar-refractivity contribution in [1.29, 1.82) is 0 Å². The first-order chi connectivity index (χ1) is 10.1. The smallest absolute Gasteiger partial charge is 0.219 e. The van der Waals surface area contributed by atoms with Crippen LogP contribution in [0.15, 0.2) is 18.5 Å². The van der Waals surface area contributed by atoms with Crippen molar-refractivity contribution in [2.24, 2.45) is 0 Å². The van der Waals surface area contributed by atoms with Crippen molar-refractivity contribution in [2.75, 3.05) is 0 Å². The summed E-state index contributed by atoms with van der Waals surface area (Å²) in [6.07, 6.45) is 8.05. The van der Waals surface area contributed by atoms with E-state index in [0.717, 1.165) is 37.0 Å². The van der Waals surface area contributed by atoms with Gasteiger partial charge in [-0.25, -0.2) is 4.98 Å². The van der Waals surface area contributed by atoms with E-state index >= 15 is 0 Å². The number of imidazole rings is 1. The molecule has 2 saturated heterocycles. The van der Waals surface area contributed by atoms with Crippen LogP contribution in [0.2, 0.25) is 0 Å². The van der Waals surface area contributed by atoms with Gasteiger partial charge in [0.1, 0.15) is 11.3 Å². The maximum absolute atomic E-state index is 11.8. The van der Waals surface area contributed by atoms with Crippen LogP contribution in [-0.4, -0.2) is 37.4 Å². The molecule has 0 saturated carbocycles. The summed E-state index contributed by atoms with van der Waals surface area (Å²) >= 11 is 0. The first-order valence-corrected chi connectivity index (χ1v) is 7.72. The number of amides is 1. The Morgan fingerprint density at radius 3 is 2.62 bits per heavy atom. The van der Waals surface area contributed by atoms with E-state index in [-0.39, 0.29) is 5.91 Å². The minimum atomic E-state index is 0.234. The Morgan fingerprint density at radius 1 is 1.24 bits per heavy atom. The van der Waals surface area contributed by atoms with E-state index < -0.39 is 0 Å². The van der Waals surface area contributed by atoms with E-state index in [1.807, 2.05) is 12.4 Å². The number of aromatic nitrogens is 3. The molecule has 3 atom stereocenters. The molecule has 2 aromatic heterocycles. The molecule has 110 valence electrons. The van der Waals surface area contributed by atoms with Gasteiger partial charge in [-0.05, 0) is 38.7 Å². The topological polar surface area (TPSA) is 51.0 Å². The van der Waals surface area contributed by atoms with E-state index in [9.17, 15) is 4.79 Å². The van der Waals surface area contributed by atoms with Crippen molar-refractivity contribution < 1.29 is 4.79 Å². The Morgan fingerprint density at radius 2 is 1.95 bits per heavy atom. The van der Waals surface area contributed by atoms with Gasteiger partial charge in [0.05, 0.1) is 11.7 Å². The third kappa shape index (κ3) is 1.87. The minimum absolute atomic E-state index is 0.234. The summed E-state index contributed by atoms with van der Waals surface area (Å²) in [6, 6.07) is 3.31. The summed E-state index contributed by atoms with van der Waals surface area (Å²) in [7, 11) is 0. The van der Waals surface area contributed by atoms with E-state index in [2.05, 4.69) is 32.4 Å². The lowest BCUT2D eigenvalue weighted by Gasteiger charge is -2.39. The number of carbonyl (C=O) groups excluding carboxylic acids is 1. The van der Waals surface area contributed by atoms with Crippen LogP contribution in [0.25, 0.3) is 11.0 Å².